The molecule has 0 saturated carbocycles. The Hall–Kier alpha value is -1.96. The summed E-state index contributed by atoms with van der Waals surface area (Å²) in [6, 6.07) is 16.8. The minimum absolute atomic E-state index is 0.0621. The Morgan fingerprint density at radius 3 is 2.45 bits per heavy atom. The molecule has 112 valence electrons. The van der Waals surface area contributed by atoms with Crippen LogP contribution >= 0.6 is 23.4 Å². The van der Waals surface area contributed by atoms with E-state index in [0.717, 1.165) is 16.1 Å². The summed E-state index contributed by atoms with van der Waals surface area (Å²) in [5.41, 5.74) is 1.67. The molecule has 3 nitrogen and oxygen atoms in total. The van der Waals surface area contributed by atoms with E-state index < -0.39 is 0 Å². The van der Waals surface area contributed by atoms with E-state index in [0.29, 0.717) is 11.4 Å². The normalized spacial score (nSPS) is 11.5. The van der Waals surface area contributed by atoms with E-state index in [1.165, 1.54) is 11.8 Å². The molecule has 2 aromatic rings. The molecule has 1 atom stereocenters. The van der Waals surface area contributed by atoms with Crippen LogP contribution in [0.5, 0.6) is 0 Å². The number of nitrogens with one attached hydrogen (secondary N) is 1. The van der Waals surface area contributed by atoms with Crippen molar-refractivity contribution < 1.29 is 4.79 Å². The topological polar surface area (TPSA) is 52.9 Å². The fraction of sp³-hybridized carbons (Fsp3) is 0.176. The van der Waals surface area contributed by atoms with Crippen LogP contribution in [0.2, 0.25) is 5.02 Å². The highest BCUT2D eigenvalue weighted by atomic mass is 35.5. The van der Waals surface area contributed by atoms with E-state index >= 15 is 0 Å². The Bertz CT molecular complexity index is 677. The predicted octanol–water partition coefficient (Wildman–Crippen LogP) is 4.53. The van der Waals surface area contributed by atoms with Crippen molar-refractivity contribution in [1.29, 1.82) is 5.26 Å². The molecule has 2 aromatic carbocycles. The van der Waals surface area contributed by atoms with Gasteiger partial charge in [-0.25, -0.2) is 0 Å². The maximum atomic E-state index is 12.2. The fourth-order valence-electron chi connectivity index (χ4n) is 1.81. The maximum Gasteiger partial charge on any atom is 0.237 e. The van der Waals surface area contributed by atoms with Crippen LogP contribution in [0.15, 0.2) is 53.4 Å². The molecule has 0 heterocycles. The molecule has 2 rings (SSSR count). The zero-order valence-electron chi connectivity index (χ0n) is 12.0. The first-order valence-electron chi connectivity index (χ1n) is 6.77. The molecule has 1 N–H and O–H groups in total. The van der Waals surface area contributed by atoms with Crippen LogP contribution in [0.25, 0.3) is 0 Å². The monoisotopic (exact) mass is 330 g/mol. The molecule has 0 unspecified atom stereocenters. The Kier molecular flexibility index (Phi) is 5.88. The summed E-state index contributed by atoms with van der Waals surface area (Å²) in [5, 5.41) is 12.0. The zero-order chi connectivity index (χ0) is 15.9. The van der Waals surface area contributed by atoms with Crippen molar-refractivity contribution in [3.63, 3.8) is 0 Å². The lowest BCUT2D eigenvalue weighted by molar-refractivity contribution is -0.115. The molecule has 1 amide bonds. The van der Waals surface area contributed by atoms with Gasteiger partial charge in [0, 0.05) is 15.6 Å². The van der Waals surface area contributed by atoms with Crippen molar-refractivity contribution in [2.45, 2.75) is 23.5 Å². The highest BCUT2D eigenvalue weighted by molar-refractivity contribution is 8.00. The Labute approximate surface area is 139 Å². The summed E-state index contributed by atoms with van der Waals surface area (Å²) < 4.78 is 0. The van der Waals surface area contributed by atoms with Crippen LogP contribution < -0.4 is 5.32 Å². The summed E-state index contributed by atoms with van der Waals surface area (Å²) in [6.45, 7) is 1.86. The van der Waals surface area contributed by atoms with E-state index in [9.17, 15) is 4.79 Å². The van der Waals surface area contributed by atoms with Crippen LogP contribution in [0.1, 0.15) is 12.5 Å². The van der Waals surface area contributed by atoms with Crippen LogP contribution in [0.4, 0.5) is 5.69 Å². The number of anilines is 1. The van der Waals surface area contributed by atoms with E-state index in [1.807, 2.05) is 55.5 Å². The maximum absolute atomic E-state index is 12.2. The van der Waals surface area contributed by atoms with Crippen LogP contribution in [-0.2, 0) is 11.2 Å². The van der Waals surface area contributed by atoms with Crippen LogP contribution in [0.3, 0.4) is 0 Å². The smallest absolute Gasteiger partial charge is 0.237 e. The minimum atomic E-state index is -0.222. The lowest BCUT2D eigenvalue weighted by Gasteiger charge is -2.12. The Morgan fingerprint density at radius 1 is 1.23 bits per heavy atom. The SMILES string of the molecule is C[C@@H](Sc1ccc(Cl)cc1)C(=O)Nc1ccc(CC#N)cc1. The minimum Gasteiger partial charge on any atom is -0.325 e. The summed E-state index contributed by atoms with van der Waals surface area (Å²) >= 11 is 7.32. The van der Waals surface area contributed by atoms with Gasteiger partial charge in [-0.3, -0.25) is 4.79 Å². The van der Waals surface area contributed by atoms with Crippen molar-refractivity contribution >= 4 is 35.0 Å². The second kappa shape index (κ2) is 7.88. The van der Waals surface area contributed by atoms with Crippen molar-refractivity contribution in [3.8, 4) is 6.07 Å². The number of rotatable bonds is 5. The van der Waals surface area contributed by atoms with E-state index in [1.54, 1.807) is 0 Å². The number of thioether (sulfide) groups is 1. The average Bonchev–Trinajstić information content (AvgIpc) is 2.51. The second-order valence-electron chi connectivity index (χ2n) is 4.74. The first-order valence-corrected chi connectivity index (χ1v) is 8.03. The number of hydrogen-bond acceptors (Lipinski definition) is 3. The van der Waals surface area contributed by atoms with Crippen molar-refractivity contribution in [2.75, 3.05) is 5.32 Å². The van der Waals surface area contributed by atoms with Gasteiger partial charge in [0.2, 0.25) is 5.91 Å². The summed E-state index contributed by atoms with van der Waals surface area (Å²) in [5.74, 6) is -0.0621. The first-order chi connectivity index (χ1) is 10.6. The third kappa shape index (κ3) is 4.80. The number of hydrogen-bond donors (Lipinski definition) is 1. The molecule has 0 radical (unpaired) electrons. The molecular weight excluding hydrogens is 316 g/mol. The van der Waals surface area contributed by atoms with Gasteiger partial charge in [0.1, 0.15) is 0 Å². The zero-order valence-corrected chi connectivity index (χ0v) is 13.6. The third-order valence-electron chi connectivity index (χ3n) is 3.00. The number of benzene rings is 2. The van der Waals surface area contributed by atoms with Gasteiger partial charge >= 0.3 is 0 Å². The summed E-state index contributed by atoms with van der Waals surface area (Å²) in [4.78, 5) is 13.2. The van der Waals surface area contributed by atoms with Gasteiger partial charge in [0.05, 0.1) is 17.7 Å². The molecule has 0 saturated heterocycles. The molecule has 0 fully saturated rings. The van der Waals surface area contributed by atoms with Crippen molar-refractivity contribution in [1.82, 2.24) is 0 Å². The lowest BCUT2D eigenvalue weighted by atomic mass is 10.1. The van der Waals surface area contributed by atoms with Gasteiger partial charge in [-0.2, -0.15) is 5.26 Å². The third-order valence-corrected chi connectivity index (χ3v) is 4.36. The fourth-order valence-corrected chi connectivity index (χ4v) is 2.81. The van der Waals surface area contributed by atoms with Gasteiger partial charge in [-0.05, 0) is 48.9 Å². The number of carbonyl (C=O) groups is 1. The number of halogens is 1. The molecule has 0 aromatic heterocycles. The highest BCUT2D eigenvalue weighted by Gasteiger charge is 2.14. The molecule has 0 aliphatic rings. The number of amides is 1. The van der Waals surface area contributed by atoms with Crippen LogP contribution in [-0.4, -0.2) is 11.2 Å². The van der Waals surface area contributed by atoms with Gasteiger partial charge in [0.15, 0.2) is 0 Å². The molecular formula is C17H15ClN2OS. The molecule has 0 bridgehead atoms. The predicted molar refractivity (Wildman–Crippen MR) is 91.2 cm³/mol. The van der Waals surface area contributed by atoms with E-state index in [4.69, 9.17) is 16.9 Å². The Morgan fingerprint density at radius 2 is 1.86 bits per heavy atom. The lowest BCUT2D eigenvalue weighted by Crippen LogP contribution is -2.22. The van der Waals surface area contributed by atoms with Crippen molar-refractivity contribution in [3.05, 3.63) is 59.1 Å². The van der Waals surface area contributed by atoms with E-state index in [2.05, 4.69) is 11.4 Å². The van der Waals surface area contributed by atoms with Gasteiger partial charge < -0.3 is 5.32 Å². The summed E-state index contributed by atoms with van der Waals surface area (Å²) in [7, 11) is 0. The standard InChI is InChI=1S/C17H15ClN2OS/c1-12(22-16-8-4-14(18)5-9-16)17(21)20-15-6-2-13(3-7-15)10-11-19/h2-9,12H,10H2,1H3,(H,20,21)/t12-/m1/s1. The summed E-state index contributed by atoms with van der Waals surface area (Å²) in [6.07, 6.45) is 0.372. The van der Waals surface area contributed by atoms with Gasteiger partial charge in [-0.15, -0.1) is 11.8 Å². The van der Waals surface area contributed by atoms with Crippen LogP contribution in [0, 0.1) is 11.3 Å². The van der Waals surface area contributed by atoms with Gasteiger partial charge in [-0.1, -0.05) is 23.7 Å². The number of carbonyl (C=O) groups excluding carboxylic acids is 1. The molecule has 0 spiro atoms. The molecule has 0 aliphatic carbocycles. The molecule has 22 heavy (non-hydrogen) atoms. The number of nitrogens with zero attached hydrogens (tertiary/aromatic N) is 1. The first kappa shape index (κ1) is 16.4. The quantitative estimate of drug-likeness (QED) is 0.820. The van der Waals surface area contributed by atoms with E-state index in [-0.39, 0.29) is 11.2 Å². The van der Waals surface area contributed by atoms with Gasteiger partial charge in [0.25, 0.3) is 0 Å². The largest absolute Gasteiger partial charge is 0.325 e. The number of nitriles is 1. The molecule has 0 aliphatic heterocycles. The molecule has 5 heteroatoms. The van der Waals surface area contributed by atoms with Crippen molar-refractivity contribution in [2.24, 2.45) is 0 Å². The Balaban J connectivity index is 1.93. The second-order valence-corrected chi connectivity index (χ2v) is 6.59. The average molecular weight is 331 g/mol. The highest BCUT2D eigenvalue weighted by Crippen LogP contribution is 2.25.